The maximum Gasteiger partial charge on any atom is 0.0716 e. The molecule has 0 saturated heterocycles. The molecule has 1 aromatic rings. The average Bonchev–Trinajstić information content (AvgIpc) is 2.31. The molecule has 0 heterocycles. The van der Waals surface area contributed by atoms with Gasteiger partial charge < -0.3 is 9.84 Å². The molecule has 1 unspecified atom stereocenters. The highest BCUT2D eigenvalue weighted by Crippen LogP contribution is 2.30. The minimum absolute atomic E-state index is 0.170. The molecular formula is C15H22O2. The smallest absolute Gasteiger partial charge is 0.0716 e. The fourth-order valence-electron chi connectivity index (χ4n) is 2.21. The molecule has 2 nitrogen and oxygen atoms in total. The van der Waals surface area contributed by atoms with Gasteiger partial charge in [-0.2, -0.15) is 0 Å². The molecule has 0 bridgehead atoms. The van der Waals surface area contributed by atoms with E-state index in [1.807, 2.05) is 18.2 Å². The average molecular weight is 234 g/mol. The predicted octanol–water partition coefficient (Wildman–Crippen LogP) is 3.14. The van der Waals surface area contributed by atoms with Crippen LogP contribution in [-0.4, -0.2) is 17.8 Å². The normalized spacial score (nSPS) is 17.7. The van der Waals surface area contributed by atoms with Gasteiger partial charge in [0.25, 0.3) is 0 Å². The first-order valence-corrected chi connectivity index (χ1v) is 6.64. The fourth-order valence-corrected chi connectivity index (χ4v) is 2.21. The highest BCUT2D eigenvalue weighted by molar-refractivity contribution is 5.13. The summed E-state index contributed by atoms with van der Waals surface area (Å²) in [6, 6.07) is 10.2. The van der Waals surface area contributed by atoms with Gasteiger partial charge in [0.2, 0.25) is 0 Å². The summed E-state index contributed by atoms with van der Waals surface area (Å²) in [6.45, 7) is 1.31. The van der Waals surface area contributed by atoms with Gasteiger partial charge in [0.15, 0.2) is 0 Å². The molecule has 2 rings (SSSR count). The molecule has 0 amide bonds. The molecule has 1 saturated carbocycles. The van der Waals surface area contributed by atoms with Gasteiger partial charge in [-0.05, 0) is 24.3 Å². The molecule has 0 aromatic heterocycles. The fraction of sp³-hybridized carbons (Fsp3) is 0.600. The molecule has 1 N–H and O–H groups in total. The van der Waals surface area contributed by atoms with Crippen LogP contribution in [0.15, 0.2) is 30.3 Å². The first-order chi connectivity index (χ1) is 8.34. The van der Waals surface area contributed by atoms with Crippen molar-refractivity contribution in [2.24, 2.45) is 5.92 Å². The molecule has 1 aliphatic rings. The van der Waals surface area contributed by atoms with E-state index in [0.29, 0.717) is 13.2 Å². The molecular weight excluding hydrogens is 212 g/mol. The zero-order chi connectivity index (χ0) is 11.9. The summed E-state index contributed by atoms with van der Waals surface area (Å²) in [5.41, 5.74) is 1.20. The lowest BCUT2D eigenvalue weighted by atomic mass is 9.81. The van der Waals surface area contributed by atoms with Gasteiger partial charge in [-0.15, -0.1) is 0 Å². The number of benzene rings is 1. The molecule has 94 valence electrons. The molecule has 1 atom stereocenters. The quantitative estimate of drug-likeness (QED) is 0.734. The van der Waals surface area contributed by atoms with Crippen molar-refractivity contribution >= 4 is 0 Å². The van der Waals surface area contributed by atoms with Crippen LogP contribution in [-0.2, 0) is 11.3 Å². The van der Waals surface area contributed by atoms with E-state index in [9.17, 15) is 5.11 Å². The molecule has 1 fully saturated rings. The van der Waals surface area contributed by atoms with Gasteiger partial charge in [-0.3, -0.25) is 0 Å². The summed E-state index contributed by atoms with van der Waals surface area (Å²) in [5, 5.41) is 9.80. The lowest BCUT2D eigenvalue weighted by Gasteiger charge is -2.27. The standard InChI is InChI=1S/C15H22O2/c16-15(11-13-7-4-8-13)9-10-17-12-14-5-2-1-3-6-14/h1-3,5-6,13,15-16H,4,7-12H2. The Hall–Kier alpha value is -0.860. The topological polar surface area (TPSA) is 29.5 Å². The Morgan fingerprint density at radius 3 is 2.65 bits per heavy atom. The maximum atomic E-state index is 9.80. The van der Waals surface area contributed by atoms with Crippen LogP contribution in [0.4, 0.5) is 0 Å². The summed E-state index contributed by atoms with van der Waals surface area (Å²) in [4.78, 5) is 0. The predicted molar refractivity (Wildman–Crippen MR) is 68.7 cm³/mol. The summed E-state index contributed by atoms with van der Waals surface area (Å²) >= 11 is 0. The van der Waals surface area contributed by atoms with Crippen molar-refractivity contribution in [1.29, 1.82) is 0 Å². The van der Waals surface area contributed by atoms with Crippen molar-refractivity contribution < 1.29 is 9.84 Å². The van der Waals surface area contributed by atoms with Crippen molar-refractivity contribution in [2.75, 3.05) is 6.61 Å². The summed E-state index contributed by atoms with van der Waals surface area (Å²) in [5.74, 6) is 0.777. The van der Waals surface area contributed by atoms with E-state index < -0.39 is 0 Å². The Labute approximate surface area is 104 Å². The van der Waals surface area contributed by atoms with Crippen molar-refractivity contribution in [3.8, 4) is 0 Å². The summed E-state index contributed by atoms with van der Waals surface area (Å²) < 4.78 is 5.56. The van der Waals surface area contributed by atoms with Gasteiger partial charge >= 0.3 is 0 Å². The SMILES string of the molecule is OC(CCOCc1ccccc1)CC1CCC1. The van der Waals surface area contributed by atoms with Gasteiger partial charge in [0.1, 0.15) is 0 Å². The third-order valence-electron chi connectivity index (χ3n) is 3.54. The van der Waals surface area contributed by atoms with Crippen LogP contribution >= 0.6 is 0 Å². The second kappa shape index (κ2) is 6.77. The maximum absolute atomic E-state index is 9.80. The van der Waals surface area contributed by atoms with Crippen LogP contribution in [0.2, 0.25) is 0 Å². The van der Waals surface area contributed by atoms with Crippen molar-refractivity contribution in [2.45, 2.75) is 44.8 Å². The summed E-state index contributed by atoms with van der Waals surface area (Å²) in [6.07, 6.45) is 5.53. The molecule has 1 aliphatic carbocycles. The molecule has 1 aromatic carbocycles. The van der Waals surface area contributed by atoms with E-state index in [4.69, 9.17) is 4.74 Å². The van der Waals surface area contributed by atoms with Crippen LogP contribution in [0.3, 0.4) is 0 Å². The Morgan fingerprint density at radius 1 is 1.24 bits per heavy atom. The van der Waals surface area contributed by atoms with Gasteiger partial charge in [0, 0.05) is 6.61 Å². The number of aliphatic hydroxyl groups is 1. The number of rotatable bonds is 7. The first-order valence-electron chi connectivity index (χ1n) is 6.64. The number of hydrogen-bond acceptors (Lipinski definition) is 2. The largest absolute Gasteiger partial charge is 0.393 e. The minimum Gasteiger partial charge on any atom is -0.393 e. The highest BCUT2D eigenvalue weighted by Gasteiger charge is 2.20. The van der Waals surface area contributed by atoms with Gasteiger partial charge in [-0.1, -0.05) is 49.6 Å². The molecule has 0 radical (unpaired) electrons. The molecule has 0 aliphatic heterocycles. The monoisotopic (exact) mass is 234 g/mol. The Bertz CT molecular complexity index is 306. The second-order valence-corrected chi connectivity index (χ2v) is 5.01. The first kappa shape index (κ1) is 12.6. The van der Waals surface area contributed by atoms with E-state index in [2.05, 4.69) is 12.1 Å². The van der Waals surface area contributed by atoms with Crippen LogP contribution < -0.4 is 0 Å². The molecule has 2 heteroatoms. The molecule has 0 spiro atoms. The highest BCUT2D eigenvalue weighted by atomic mass is 16.5. The Morgan fingerprint density at radius 2 is 2.00 bits per heavy atom. The third-order valence-corrected chi connectivity index (χ3v) is 3.54. The summed E-state index contributed by atoms with van der Waals surface area (Å²) in [7, 11) is 0. The van der Waals surface area contributed by atoms with Crippen molar-refractivity contribution in [1.82, 2.24) is 0 Å². The second-order valence-electron chi connectivity index (χ2n) is 5.01. The van der Waals surface area contributed by atoms with Crippen LogP contribution in [0.25, 0.3) is 0 Å². The van der Waals surface area contributed by atoms with Gasteiger partial charge in [-0.25, -0.2) is 0 Å². The van der Waals surface area contributed by atoms with Crippen LogP contribution in [0.1, 0.15) is 37.7 Å². The molecule has 17 heavy (non-hydrogen) atoms. The zero-order valence-corrected chi connectivity index (χ0v) is 10.3. The van der Waals surface area contributed by atoms with Gasteiger partial charge in [0.05, 0.1) is 12.7 Å². The van der Waals surface area contributed by atoms with E-state index in [0.717, 1.165) is 18.8 Å². The van der Waals surface area contributed by atoms with Crippen molar-refractivity contribution in [3.05, 3.63) is 35.9 Å². The van der Waals surface area contributed by atoms with E-state index in [1.165, 1.54) is 24.8 Å². The van der Waals surface area contributed by atoms with Crippen LogP contribution in [0.5, 0.6) is 0 Å². The van der Waals surface area contributed by atoms with Crippen molar-refractivity contribution in [3.63, 3.8) is 0 Å². The number of hydrogen-bond donors (Lipinski definition) is 1. The zero-order valence-electron chi connectivity index (χ0n) is 10.3. The third kappa shape index (κ3) is 4.49. The number of ether oxygens (including phenoxy) is 1. The lowest BCUT2D eigenvalue weighted by molar-refractivity contribution is 0.0548. The Balaban J connectivity index is 1.53. The minimum atomic E-state index is -0.170. The lowest BCUT2D eigenvalue weighted by Crippen LogP contribution is -2.20. The van der Waals surface area contributed by atoms with E-state index in [-0.39, 0.29) is 6.10 Å². The van der Waals surface area contributed by atoms with Crippen LogP contribution in [0, 0.1) is 5.92 Å². The van der Waals surface area contributed by atoms with E-state index >= 15 is 0 Å². The number of aliphatic hydroxyl groups excluding tert-OH is 1. The van der Waals surface area contributed by atoms with E-state index in [1.54, 1.807) is 0 Å². The Kier molecular flexibility index (Phi) is 5.02.